The van der Waals surface area contributed by atoms with E-state index in [1.807, 2.05) is 17.0 Å². The lowest BCUT2D eigenvalue weighted by Crippen LogP contribution is -2.54. The highest BCUT2D eigenvalue weighted by atomic mass is 16.5. The Bertz CT molecular complexity index is 1080. The Hall–Kier alpha value is -3.13. The molecule has 3 aliphatic rings. The Morgan fingerprint density at radius 2 is 1.76 bits per heavy atom. The second-order valence-corrected chi connectivity index (χ2v) is 11.5. The molecular formula is C30H42N4O4. The third-order valence-corrected chi connectivity index (χ3v) is 7.87. The quantitative estimate of drug-likeness (QED) is 0.412. The number of rotatable bonds is 8. The van der Waals surface area contributed by atoms with Crippen molar-refractivity contribution in [1.82, 2.24) is 20.0 Å². The van der Waals surface area contributed by atoms with E-state index in [-0.39, 0.29) is 36.4 Å². The summed E-state index contributed by atoms with van der Waals surface area (Å²) in [6, 6.07) is 7.19. The summed E-state index contributed by atoms with van der Waals surface area (Å²) in [6.07, 6.45) is 4.80. The monoisotopic (exact) mass is 522 g/mol. The van der Waals surface area contributed by atoms with E-state index in [0.29, 0.717) is 44.0 Å². The molecule has 1 atom stereocenters. The first-order valence-corrected chi connectivity index (χ1v) is 13.8. The summed E-state index contributed by atoms with van der Waals surface area (Å²) >= 11 is 0. The molecule has 38 heavy (non-hydrogen) atoms. The second-order valence-electron chi connectivity index (χ2n) is 11.5. The van der Waals surface area contributed by atoms with Gasteiger partial charge in [0.2, 0.25) is 5.91 Å². The van der Waals surface area contributed by atoms with Gasteiger partial charge in [0.15, 0.2) is 0 Å². The molecule has 8 heteroatoms. The number of ether oxygens (including phenoxy) is 1. The molecule has 0 aromatic heterocycles. The number of urea groups is 1. The minimum atomic E-state index is -0.617. The van der Waals surface area contributed by atoms with Crippen molar-refractivity contribution in [2.24, 2.45) is 5.92 Å². The van der Waals surface area contributed by atoms with E-state index in [1.165, 1.54) is 5.56 Å². The summed E-state index contributed by atoms with van der Waals surface area (Å²) in [5.41, 5.74) is 3.08. The molecular weight excluding hydrogens is 480 g/mol. The minimum absolute atomic E-state index is 0.0117. The maximum Gasteiger partial charge on any atom is 0.338 e. The largest absolute Gasteiger partial charge is 0.463 e. The predicted octanol–water partition coefficient (Wildman–Crippen LogP) is 4.00. The van der Waals surface area contributed by atoms with Gasteiger partial charge in [-0.3, -0.25) is 14.6 Å². The summed E-state index contributed by atoms with van der Waals surface area (Å²) in [4.78, 5) is 45.2. The Labute approximate surface area is 226 Å². The van der Waals surface area contributed by atoms with Crippen LogP contribution < -0.4 is 5.32 Å². The number of carbonyl (C=O) groups is 3. The molecule has 0 unspecified atom stereocenters. The zero-order valence-corrected chi connectivity index (χ0v) is 23.3. The number of benzene rings is 1. The summed E-state index contributed by atoms with van der Waals surface area (Å²) in [7, 11) is 0. The molecule has 1 aromatic rings. The summed E-state index contributed by atoms with van der Waals surface area (Å²) in [6.45, 7) is 15.7. The predicted molar refractivity (Wildman–Crippen MR) is 147 cm³/mol. The van der Waals surface area contributed by atoms with Crippen LogP contribution in [-0.2, 0) is 19.7 Å². The fraction of sp³-hybridized carbons (Fsp3) is 0.567. The van der Waals surface area contributed by atoms with E-state index in [4.69, 9.17) is 4.74 Å². The first-order chi connectivity index (χ1) is 18.1. The summed E-state index contributed by atoms with van der Waals surface area (Å²) in [5.74, 6) is 0.0295. The van der Waals surface area contributed by atoms with E-state index in [2.05, 4.69) is 49.7 Å². The molecule has 1 aromatic carbocycles. The molecule has 1 aliphatic carbocycles. The van der Waals surface area contributed by atoms with Crippen LogP contribution in [0.25, 0.3) is 0 Å². The normalized spacial score (nSPS) is 21.2. The smallest absolute Gasteiger partial charge is 0.338 e. The van der Waals surface area contributed by atoms with E-state index in [1.54, 1.807) is 17.9 Å². The standard InChI is InChI=1S/C30H42N4O4/c1-6-15-34-24(20-32-16-18-33(19-17-32)27(35)22-9-8-10-22)25(28(36)38-7-2)26(31-29(34)37)21-11-13-23(14-12-21)30(3,4)5/h6,11-14,22,26H,1,7-10,15-20H2,2-5H3,(H,31,37)/t26-/m1/s1. The number of amides is 3. The number of hydrogen-bond acceptors (Lipinski definition) is 5. The number of nitrogens with zero attached hydrogens (tertiary/aromatic N) is 3. The van der Waals surface area contributed by atoms with Crippen LogP contribution in [0.3, 0.4) is 0 Å². The highest BCUT2D eigenvalue weighted by molar-refractivity contribution is 5.95. The molecule has 1 saturated carbocycles. The molecule has 2 fully saturated rings. The van der Waals surface area contributed by atoms with Crippen LogP contribution in [0.4, 0.5) is 4.79 Å². The minimum Gasteiger partial charge on any atom is -0.463 e. The van der Waals surface area contributed by atoms with Crippen LogP contribution in [0.5, 0.6) is 0 Å². The van der Waals surface area contributed by atoms with E-state index >= 15 is 0 Å². The highest BCUT2D eigenvalue weighted by Gasteiger charge is 2.39. The van der Waals surface area contributed by atoms with Gasteiger partial charge in [0, 0.05) is 50.9 Å². The number of esters is 1. The second kappa shape index (κ2) is 11.7. The lowest BCUT2D eigenvalue weighted by Gasteiger charge is -2.41. The fourth-order valence-corrected chi connectivity index (χ4v) is 5.32. The molecule has 4 rings (SSSR count). The van der Waals surface area contributed by atoms with Crippen LogP contribution in [0.1, 0.15) is 64.1 Å². The number of hydrogen-bond donors (Lipinski definition) is 1. The van der Waals surface area contributed by atoms with Gasteiger partial charge in [0.1, 0.15) is 0 Å². The van der Waals surface area contributed by atoms with Crippen molar-refractivity contribution < 1.29 is 19.1 Å². The maximum atomic E-state index is 13.4. The molecule has 1 N–H and O–H groups in total. The van der Waals surface area contributed by atoms with Gasteiger partial charge in [-0.1, -0.05) is 57.5 Å². The Morgan fingerprint density at radius 1 is 1.11 bits per heavy atom. The van der Waals surface area contributed by atoms with Crippen LogP contribution in [-0.4, -0.2) is 78.5 Å². The lowest BCUT2D eigenvalue weighted by molar-refractivity contribution is -0.140. The van der Waals surface area contributed by atoms with E-state index < -0.39 is 12.0 Å². The number of carbonyl (C=O) groups excluding carboxylic acids is 3. The molecule has 0 spiro atoms. The average molecular weight is 523 g/mol. The molecule has 2 heterocycles. The van der Waals surface area contributed by atoms with Crippen LogP contribution in [0, 0.1) is 5.92 Å². The van der Waals surface area contributed by atoms with Crippen molar-refractivity contribution in [3.05, 3.63) is 59.3 Å². The molecule has 0 bridgehead atoms. The van der Waals surface area contributed by atoms with Gasteiger partial charge >= 0.3 is 12.0 Å². The van der Waals surface area contributed by atoms with Gasteiger partial charge in [-0.15, -0.1) is 6.58 Å². The van der Waals surface area contributed by atoms with Crippen LogP contribution >= 0.6 is 0 Å². The third kappa shape index (κ3) is 5.96. The third-order valence-electron chi connectivity index (χ3n) is 7.87. The summed E-state index contributed by atoms with van der Waals surface area (Å²) < 4.78 is 5.51. The molecule has 8 nitrogen and oxygen atoms in total. The first kappa shape index (κ1) is 27.9. The Balaban J connectivity index is 1.64. The van der Waals surface area contributed by atoms with Crippen molar-refractivity contribution in [1.29, 1.82) is 0 Å². The number of nitrogens with one attached hydrogen (secondary N) is 1. The fourth-order valence-electron chi connectivity index (χ4n) is 5.32. The van der Waals surface area contributed by atoms with Crippen molar-refractivity contribution in [3.8, 4) is 0 Å². The Morgan fingerprint density at radius 3 is 2.29 bits per heavy atom. The Kier molecular flexibility index (Phi) is 8.61. The van der Waals surface area contributed by atoms with Crippen molar-refractivity contribution >= 4 is 17.9 Å². The molecule has 206 valence electrons. The van der Waals surface area contributed by atoms with Crippen molar-refractivity contribution in [2.75, 3.05) is 45.9 Å². The first-order valence-electron chi connectivity index (χ1n) is 13.8. The van der Waals surface area contributed by atoms with Gasteiger partial charge in [-0.05, 0) is 36.3 Å². The number of piperazine rings is 1. The molecule has 1 saturated heterocycles. The maximum absolute atomic E-state index is 13.4. The van der Waals surface area contributed by atoms with Gasteiger partial charge in [0.05, 0.1) is 18.2 Å². The lowest BCUT2D eigenvalue weighted by atomic mass is 9.84. The molecule has 2 aliphatic heterocycles. The van der Waals surface area contributed by atoms with E-state index in [0.717, 1.165) is 24.8 Å². The summed E-state index contributed by atoms with van der Waals surface area (Å²) in [5, 5.41) is 3.04. The van der Waals surface area contributed by atoms with Gasteiger partial charge < -0.3 is 15.0 Å². The SMILES string of the molecule is C=CCN1C(=O)N[C@H](c2ccc(C(C)(C)C)cc2)C(C(=O)OCC)=C1CN1CCN(C(=O)C2CCC2)CC1. The zero-order valence-electron chi connectivity index (χ0n) is 23.3. The van der Waals surface area contributed by atoms with Gasteiger partial charge in [-0.2, -0.15) is 0 Å². The highest BCUT2D eigenvalue weighted by Crippen LogP contribution is 2.34. The molecule has 3 amide bonds. The van der Waals surface area contributed by atoms with Crippen molar-refractivity contribution in [2.45, 2.75) is 58.4 Å². The van der Waals surface area contributed by atoms with Gasteiger partial charge in [-0.25, -0.2) is 9.59 Å². The molecule has 0 radical (unpaired) electrons. The van der Waals surface area contributed by atoms with Crippen LogP contribution in [0.2, 0.25) is 0 Å². The van der Waals surface area contributed by atoms with Crippen LogP contribution in [0.15, 0.2) is 48.2 Å². The average Bonchev–Trinajstić information content (AvgIpc) is 2.85. The topological polar surface area (TPSA) is 82.2 Å². The van der Waals surface area contributed by atoms with Gasteiger partial charge in [0.25, 0.3) is 0 Å². The van der Waals surface area contributed by atoms with E-state index in [9.17, 15) is 14.4 Å². The zero-order chi connectivity index (χ0) is 27.4. The van der Waals surface area contributed by atoms with Crippen molar-refractivity contribution in [3.63, 3.8) is 0 Å².